The molecule has 1 atom stereocenters. The van der Waals surface area contributed by atoms with Crippen LogP contribution in [-0.2, 0) is 4.79 Å². The second-order valence-electron chi connectivity index (χ2n) is 9.24. The van der Waals surface area contributed by atoms with Gasteiger partial charge in [0.1, 0.15) is 0 Å². The summed E-state index contributed by atoms with van der Waals surface area (Å²) in [7, 11) is 0. The van der Waals surface area contributed by atoms with Crippen LogP contribution in [0.4, 0.5) is 5.82 Å². The SMILES string of the molecule is O=C(C1CCCN(c2ccc(-c3cccnc3)nn2)C1)N1CCN(C/C=C/c2ccccc2)CC1. The standard InChI is InChI=1S/C28H32N6O/c35-28(33-19-17-32(18-20-33)15-5-9-23-7-2-1-3-8-23)25-11-6-16-34(22-25)27-13-12-26(30-31-27)24-10-4-14-29-21-24/h1-5,7-10,12-14,21,25H,6,11,15-20,22H2/b9-5+. The Bertz CT molecular complexity index is 1110. The molecule has 2 fully saturated rings. The molecule has 1 aromatic carbocycles. The molecular formula is C28H32N6O. The number of piperazine rings is 1. The molecule has 0 saturated carbocycles. The molecule has 4 heterocycles. The van der Waals surface area contributed by atoms with Gasteiger partial charge in [0.2, 0.25) is 5.91 Å². The lowest BCUT2D eigenvalue weighted by Crippen LogP contribution is -2.52. The number of benzene rings is 1. The highest BCUT2D eigenvalue weighted by Crippen LogP contribution is 2.24. The normalized spacial score (nSPS) is 19.3. The van der Waals surface area contributed by atoms with Crippen LogP contribution in [0, 0.1) is 5.92 Å². The molecule has 35 heavy (non-hydrogen) atoms. The zero-order chi connectivity index (χ0) is 23.9. The van der Waals surface area contributed by atoms with Crippen molar-refractivity contribution in [3.05, 3.63) is 78.6 Å². The molecule has 3 aromatic rings. The van der Waals surface area contributed by atoms with E-state index in [0.29, 0.717) is 6.54 Å². The molecule has 180 valence electrons. The Morgan fingerprint density at radius 2 is 1.80 bits per heavy atom. The predicted molar refractivity (Wildman–Crippen MR) is 139 cm³/mol. The molecule has 0 bridgehead atoms. The third kappa shape index (κ3) is 5.92. The van der Waals surface area contributed by atoms with E-state index in [4.69, 9.17) is 0 Å². The van der Waals surface area contributed by atoms with Crippen molar-refractivity contribution in [2.45, 2.75) is 12.8 Å². The van der Waals surface area contributed by atoms with Crippen molar-refractivity contribution < 1.29 is 4.79 Å². The van der Waals surface area contributed by atoms with E-state index in [2.05, 4.69) is 66.3 Å². The zero-order valence-corrected chi connectivity index (χ0v) is 20.0. The number of rotatable bonds is 6. The Morgan fingerprint density at radius 1 is 0.943 bits per heavy atom. The molecule has 2 aromatic heterocycles. The smallest absolute Gasteiger partial charge is 0.227 e. The maximum absolute atomic E-state index is 13.3. The number of hydrogen-bond acceptors (Lipinski definition) is 6. The number of carbonyl (C=O) groups is 1. The Kier molecular flexibility index (Phi) is 7.44. The van der Waals surface area contributed by atoms with E-state index in [-0.39, 0.29) is 11.8 Å². The summed E-state index contributed by atoms with van der Waals surface area (Å²) in [4.78, 5) is 24.1. The first kappa shape index (κ1) is 23.2. The maximum Gasteiger partial charge on any atom is 0.227 e. The third-order valence-corrected chi connectivity index (χ3v) is 6.86. The van der Waals surface area contributed by atoms with Gasteiger partial charge in [-0.15, -0.1) is 10.2 Å². The lowest BCUT2D eigenvalue weighted by Gasteiger charge is -2.39. The van der Waals surface area contributed by atoms with E-state index < -0.39 is 0 Å². The first-order valence-corrected chi connectivity index (χ1v) is 12.5. The molecule has 1 amide bonds. The molecule has 7 nitrogen and oxygen atoms in total. The van der Waals surface area contributed by atoms with Gasteiger partial charge in [-0.25, -0.2) is 0 Å². The summed E-state index contributed by atoms with van der Waals surface area (Å²) in [6.45, 7) is 5.97. The molecule has 0 radical (unpaired) electrons. The summed E-state index contributed by atoms with van der Waals surface area (Å²) >= 11 is 0. The summed E-state index contributed by atoms with van der Waals surface area (Å²) in [5.41, 5.74) is 2.98. The van der Waals surface area contributed by atoms with Gasteiger partial charge >= 0.3 is 0 Å². The minimum atomic E-state index is 0.0214. The number of aromatic nitrogens is 3. The van der Waals surface area contributed by atoms with Crippen molar-refractivity contribution in [2.24, 2.45) is 5.92 Å². The Hall–Kier alpha value is -3.58. The van der Waals surface area contributed by atoms with Gasteiger partial charge in [-0.05, 0) is 42.7 Å². The van der Waals surface area contributed by atoms with E-state index in [1.54, 1.807) is 12.4 Å². The lowest BCUT2D eigenvalue weighted by atomic mass is 9.96. The maximum atomic E-state index is 13.3. The molecule has 5 rings (SSSR count). The number of carbonyl (C=O) groups excluding carboxylic acids is 1. The molecule has 7 heteroatoms. The van der Waals surface area contributed by atoms with Gasteiger partial charge in [0, 0.05) is 63.8 Å². The van der Waals surface area contributed by atoms with Crippen LogP contribution < -0.4 is 4.90 Å². The molecule has 0 spiro atoms. The number of pyridine rings is 1. The van der Waals surface area contributed by atoms with Crippen molar-refractivity contribution in [3.63, 3.8) is 0 Å². The number of hydrogen-bond donors (Lipinski definition) is 0. The van der Waals surface area contributed by atoms with Crippen LogP contribution in [0.25, 0.3) is 17.3 Å². The van der Waals surface area contributed by atoms with Gasteiger partial charge in [0.15, 0.2) is 5.82 Å². The first-order chi connectivity index (χ1) is 17.3. The average molecular weight is 469 g/mol. The number of amides is 1. The molecule has 2 saturated heterocycles. The van der Waals surface area contributed by atoms with Gasteiger partial charge < -0.3 is 9.80 Å². The Morgan fingerprint density at radius 3 is 2.54 bits per heavy atom. The van der Waals surface area contributed by atoms with Crippen molar-refractivity contribution in [3.8, 4) is 11.3 Å². The van der Waals surface area contributed by atoms with Gasteiger partial charge in [-0.1, -0.05) is 42.5 Å². The fourth-order valence-electron chi connectivity index (χ4n) is 4.86. The monoisotopic (exact) mass is 468 g/mol. The van der Waals surface area contributed by atoms with E-state index in [1.165, 1.54) is 5.56 Å². The Labute approximate surface area is 207 Å². The van der Waals surface area contributed by atoms with E-state index in [1.807, 2.05) is 30.3 Å². The summed E-state index contributed by atoms with van der Waals surface area (Å²) in [6, 6.07) is 18.2. The second kappa shape index (κ2) is 11.2. The fraction of sp³-hybridized carbons (Fsp3) is 0.357. The van der Waals surface area contributed by atoms with Gasteiger partial charge in [0.05, 0.1) is 11.6 Å². The minimum Gasteiger partial charge on any atom is -0.354 e. The van der Waals surface area contributed by atoms with Gasteiger partial charge in [-0.2, -0.15) is 0 Å². The van der Waals surface area contributed by atoms with Crippen LogP contribution in [0.15, 0.2) is 73.1 Å². The van der Waals surface area contributed by atoms with Crippen LogP contribution in [-0.4, -0.2) is 76.7 Å². The van der Waals surface area contributed by atoms with E-state index >= 15 is 0 Å². The largest absolute Gasteiger partial charge is 0.354 e. The van der Waals surface area contributed by atoms with Gasteiger partial charge in [0.25, 0.3) is 0 Å². The van der Waals surface area contributed by atoms with Gasteiger partial charge in [-0.3, -0.25) is 14.7 Å². The minimum absolute atomic E-state index is 0.0214. The second-order valence-corrected chi connectivity index (χ2v) is 9.24. The van der Waals surface area contributed by atoms with Crippen molar-refractivity contribution in [1.82, 2.24) is 25.0 Å². The van der Waals surface area contributed by atoms with Crippen molar-refractivity contribution >= 4 is 17.8 Å². The highest BCUT2D eigenvalue weighted by Gasteiger charge is 2.31. The van der Waals surface area contributed by atoms with Crippen LogP contribution in [0.1, 0.15) is 18.4 Å². The molecule has 0 N–H and O–H groups in total. The van der Waals surface area contributed by atoms with Crippen LogP contribution in [0.5, 0.6) is 0 Å². The first-order valence-electron chi connectivity index (χ1n) is 12.5. The fourth-order valence-corrected chi connectivity index (χ4v) is 4.86. The predicted octanol–water partition coefficient (Wildman–Crippen LogP) is 3.61. The topological polar surface area (TPSA) is 65.5 Å². The van der Waals surface area contributed by atoms with Crippen LogP contribution >= 0.6 is 0 Å². The molecule has 0 aliphatic carbocycles. The van der Waals surface area contributed by atoms with Crippen LogP contribution in [0.3, 0.4) is 0 Å². The molecule has 2 aliphatic heterocycles. The molecular weight excluding hydrogens is 436 g/mol. The molecule has 2 aliphatic rings. The number of piperidine rings is 1. The van der Waals surface area contributed by atoms with E-state index in [0.717, 1.165) is 69.2 Å². The average Bonchev–Trinajstić information content (AvgIpc) is 2.94. The lowest BCUT2D eigenvalue weighted by molar-refractivity contribution is -0.137. The number of anilines is 1. The summed E-state index contributed by atoms with van der Waals surface area (Å²) < 4.78 is 0. The van der Waals surface area contributed by atoms with Crippen molar-refractivity contribution in [2.75, 3.05) is 50.7 Å². The summed E-state index contributed by atoms with van der Waals surface area (Å²) in [5.74, 6) is 1.15. The summed E-state index contributed by atoms with van der Waals surface area (Å²) in [6.07, 6.45) is 9.85. The summed E-state index contributed by atoms with van der Waals surface area (Å²) in [5, 5.41) is 8.85. The highest BCUT2D eigenvalue weighted by molar-refractivity contribution is 5.80. The number of nitrogens with zero attached hydrogens (tertiary/aromatic N) is 6. The van der Waals surface area contributed by atoms with Crippen LogP contribution in [0.2, 0.25) is 0 Å². The quantitative estimate of drug-likeness (QED) is 0.551. The highest BCUT2D eigenvalue weighted by atomic mass is 16.2. The molecule has 1 unspecified atom stereocenters. The Balaban J connectivity index is 1.12. The van der Waals surface area contributed by atoms with Crippen molar-refractivity contribution in [1.29, 1.82) is 0 Å². The zero-order valence-electron chi connectivity index (χ0n) is 20.0. The van der Waals surface area contributed by atoms with E-state index in [9.17, 15) is 4.79 Å². The third-order valence-electron chi connectivity index (χ3n) is 6.86.